The van der Waals surface area contributed by atoms with Gasteiger partial charge in [-0.1, -0.05) is 35.0 Å². The molecule has 0 heterocycles. The molecule has 6 heteroatoms. The quantitative estimate of drug-likeness (QED) is 0.773. The lowest BCUT2D eigenvalue weighted by atomic mass is 10.0. The Balaban J connectivity index is 1.65. The number of nitrogens with one attached hydrogen (secondary N) is 1. The fraction of sp³-hybridized carbons (Fsp3) is 0.300. The van der Waals surface area contributed by atoms with Gasteiger partial charge in [0.2, 0.25) is 0 Å². The number of halogens is 2. The largest absolute Gasteiger partial charge is 0.483 e. The second-order valence-electron chi connectivity index (χ2n) is 6.49. The maximum Gasteiger partial charge on any atom is 0.258 e. The molecule has 0 fully saturated rings. The molecule has 136 valence electrons. The molecule has 2 aromatic carbocycles. The highest BCUT2D eigenvalue weighted by Crippen LogP contribution is 2.39. The molecule has 1 aliphatic carbocycles. The summed E-state index contributed by atoms with van der Waals surface area (Å²) in [6, 6.07) is 10.2. The maximum atomic E-state index is 14.0. The van der Waals surface area contributed by atoms with Gasteiger partial charge < -0.3 is 10.1 Å². The number of rotatable bonds is 5. The Morgan fingerprint density at radius 3 is 2.69 bits per heavy atom. The molecule has 2 aromatic rings. The van der Waals surface area contributed by atoms with Crippen molar-refractivity contribution in [1.82, 2.24) is 5.32 Å². The van der Waals surface area contributed by atoms with E-state index in [2.05, 4.69) is 21.2 Å². The van der Waals surface area contributed by atoms with Gasteiger partial charge in [-0.05, 0) is 42.7 Å². The van der Waals surface area contributed by atoms with Crippen LogP contribution in [0.4, 0.5) is 4.39 Å². The Bertz CT molecular complexity index is 851. The molecule has 0 bridgehead atoms. The van der Waals surface area contributed by atoms with E-state index in [-0.39, 0.29) is 48.0 Å². The zero-order chi connectivity index (χ0) is 18.8. The Morgan fingerprint density at radius 1 is 1.31 bits per heavy atom. The van der Waals surface area contributed by atoms with Gasteiger partial charge in [-0.15, -0.1) is 0 Å². The molecular formula is C20H19BrFNO3. The molecule has 0 aliphatic heterocycles. The Labute approximate surface area is 159 Å². The van der Waals surface area contributed by atoms with Crippen LogP contribution >= 0.6 is 15.9 Å². The molecule has 1 N–H and O–H groups in total. The Morgan fingerprint density at radius 2 is 2.00 bits per heavy atom. The van der Waals surface area contributed by atoms with Crippen molar-refractivity contribution in [3.8, 4) is 5.75 Å². The van der Waals surface area contributed by atoms with E-state index >= 15 is 0 Å². The van der Waals surface area contributed by atoms with Crippen LogP contribution in [0.3, 0.4) is 0 Å². The van der Waals surface area contributed by atoms with E-state index in [9.17, 15) is 14.0 Å². The average molecular weight is 420 g/mol. The first-order valence-electron chi connectivity index (χ1n) is 8.40. The second kappa shape index (κ2) is 7.58. The lowest BCUT2D eigenvalue weighted by Gasteiger charge is -2.16. The van der Waals surface area contributed by atoms with Gasteiger partial charge >= 0.3 is 0 Å². The van der Waals surface area contributed by atoms with Crippen molar-refractivity contribution in [2.24, 2.45) is 0 Å². The van der Waals surface area contributed by atoms with E-state index in [0.29, 0.717) is 5.56 Å². The summed E-state index contributed by atoms with van der Waals surface area (Å²) < 4.78 is 20.5. The zero-order valence-electron chi connectivity index (χ0n) is 14.5. The molecule has 0 aromatic heterocycles. The number of carbonyl (C=O) groups is 2. The summed E-state index contributed by atoms with van der Waals surface area (Å²) in [7, 11) is 0. The van der Waals surface area contributed by atoms with Crippen LogP contribution in [-0.4, -0.2) is 18.3 Å². The second-order valence-corrected chi connectivity index (χ2v) is 7.41. The number of hydrogen-bond donors (Lipinski definition) is 1. The molecule has 1 aliphatic rings. The van der Waals surface area contributed by atoms with Gasteiger partial charge in [0.1, 0.15) is 11.6 Å². The molecule has 3 rings (SSSR count). The van der Waals surface area contributed by atoms with Crippen LogP contribution in [0.2, 0.25) is 0 Å². The van der Waals surface area contributed by atoms with Crippen molar-refractivity contribution < 1.29 is 18.7 Å². The number of fused-ring (bicyclic) bond motifs is 1. The first-order chi connectivity index (χ1) is 12.4. The van der Waals surface area contributed by atoms with E-state index in [1.807, 2.05) is 38.1 Å². The van der Waals surface area contributed by atoms with Crippen LogP contribution in [0.15, 0.2) is 40.9 Å². The third kappa shape index (κ3) is 3.80. The highest BCUT2D eigenvalue weighted by Gasteiger charge is 2.32. The minimum absolute atomic E-state index is 0.148. The fourth-order valence-electron chi connectivity index (χ4n) is 3.21. The topological polar surface area (TPSA) is 55.4 Å². The van der Waals surface area contributed by atoms with Crippen LogP contribution in [-0.2, 0) is 4.79 Å². The van der Waals surface area contributed by atoms with Crippen molar-refractivity contribution in [3.63, 3.8) is 0 Å². The van der Waals surface area contributed by atoms with Crippen LogP contribution < -0.4 is 10.1 Å². The SMILES string of the molecule is C[C@H](NC(=O)COc1ccc(F)c2c1C(=O)C[C@@H]2C)c1ccc(Br)cc1. The highest BCUT2D eigenvalue weighted by molar-refractivity contribution is 9.10. The first kappa shape index (κ1) is 18.6. The van der Waals surface area contributed by atoms with Crippen LogP contribution in [0, 0.1) is 5.82 Å². The van der Waals surface area contributed by atoms with Crippen LogP contribution in [0.25, 0.3) is 0 Å². The molecule has 0 unspecified atom stereocenters. The van der Waals surface area contributed by atoms with Gasteiger partial charge in [0.25, 0.3) is 5.91 Å². The molecular weight excluding hydrogens is 401 g/mol. The van der Waals surface area contributed by atoms with E-state index < -0.39 is 5.82 Å². The van der Waals surface area contributed by atoms with Gasteiger partial charge in [-0.3, -0.25) is 9.59 Å². The van der Waals surface area contributed by atoms with Crippen molar-refractivity contribution in [2.45, 2.75) is 32.2 Å². The fourth-order valence-corrected chi connectivity index (χ4v) is 3.47. The molecule has 0 saturated carbocycles. The molecule has 0 radical (unpaired) electrons. The standard InChI is InChI=1S/C20H19BrFNO3/c1-11-9-16(24)20-17(8-7-15(22)19(11)20)26-10-18(25)23-12(2)13-3-5-14(21)6-4-13/h3-8,11-12H,9-10H2,1-2H3,(H,23,25)/t11-,12-/m0/s1. The lowest BCUT2D eigenvalue weighted by molar-refractivity contribution is -0.123. The van der Waals surface area contributed by atoms with Crippen LogP contribution in [0.5, 0.6) is 5.75 Å². The summed E-state index contributed by atoms with van der Waals surface area (Å²) in [6.07, 6.45) is 0.263. The van der Waals surface area contributed by atoms with E-state index in [1.54, 1.807) is 0 Å². The third-order valence-corrected chi connectivity index (χ3v) is 5.05. The summed E-state index contributed by atoms with van der Waals surface area (Å²) in [4.78, 5) is 24.3. The number of ether oxygens (including phenoxy) is 1. The maximum absolute atomic E-state index is 14.0. The first-order valence-corrected chi connectivity index (χ1v) is 9.19. The van der Waals surface area contributed by atoms with E-state index in [1.165, 1.54) is 12.1 Å². The summed E-state index contributed by atoms with van der Waals surface area (Å²) >= 11 is 3.37. The highest BCUT2D eigenvalue weighted by atomic mass is 79.9. The Kier molecular flexibility index (Phi) is 5.41. The summed E-state index contributed by atoms with van der Waals surface area (Å²) in [6.45, 7) is 3.45. The molecule has 1 amide bonds. The Hall–Kier alpha value is -2.21. The lowest BCUT2D eigenvalue weighted by Crippen LogP contribution is -2.31. The third-order valence-electron chi connectivity index (χ3n) is 4.52. The predicted octanol–water partition coefficient (Wildman–Crippen LogP) is 4.53. The predicted molar refractivity (Wildman–Crippen MR) is 100.0 cm³/mol. The monoisotopic (exact) mass is 419 g/mol. The zero-order valence-corrected chi connectivity index (χ0v) is 16.1. The number of benzene rings is 2. The van der Waals surface area contributed by atoms with Crippen molar-refractivity contribution in [1.29, 1.82) is 0 Å². The summed E-state index contributed by atoms with van der Waals surface area (Å²) in [5, 5.41) is 2.85. The van der Waals surface area contributed by atoms with Gasteiger partial charge in [-0.25, -0.2) is 4.39 Å². The molecule has 0 saturated heterocycles. The summed E-state index contributed by atoms with van der Waals surface area (Å²) in [5.41, 5.74) is 1.62. The van der Waals surface area contributed by atoms with Crippen molar-refractivity contribution in [3.05, 3.63) is 63.4 Å². The number of carbonyl (C=O) groups excluding carboxylic acids is 2. The number of ketones is 1. The van der Waals surface area contributed by atoms with E-state index in [0.717, 1.165) is 10.0 Å². The molecule has 2 atom stereocenters. The average Bonchev–Trinajstić information content (AvgIpc) is 2.90. The van der Waals surface area contributed by atoms with Gasteiger partial charge in [0.05, 0.1) is 11.6 Å². The van der Waals surface area contributed by atoms with Gasteiger partial charge in [0, 0.05) is 16.5 Å². The van der Waals surface area contributed by atoms with Crippen molar-refractivity contribution >= 4 is 27.6 Å². The van der Waals surface area contributed by atoms with Gasteiger partial charge in [0.15, 0.2) is 12.4 Å². The summed E-state index contributed by atoms with van der Waals surface area (Å²) in [5.74, 6) is -0.767. The normalized spacial score (nSPS) is 16.9. The number of hydrogen-bond acceptors (Lipinski definition) is 3. The number of Topliss-reactive ketones (excluding diaryl/α,β-unsaturated/α-hetero) is 1. The van der Waals surface area contributed by atoms with Crippen LogP contribution in [0.1, 0.15) is 53.7 Å². The smallest absolute Gasteiger partial charge is 0.258 e. The number of amides is 1. The van der Waals surface area contributed by atoms with Crippen molar-refractivity contribution in [2.75, 3.05) is 6.61 Å². The molecule has 26 heavy (non-hydrogen) atoms. The minimum atomic E-state index is -0.404. The van der Waals surface area contributed by atoms with Gasteiger partial charge in [-0.2, -0.15) is 0 Å². The van der Waals surface area contributed by atoms with E-state index in [4.69, 9.17) is 4.74 Å². The molecule has 4 nitrogen and oxygen atoms in total. The molecule has 0 spiro atoms. The minimum Gasteiger partial charge on any atom is -0.483 e.